The molecule has 0 radical (unpaired) electrons. The molecule has 5 rings (SSSR count). The number of hydrogen-bond acceptors (Lipinski definition) is 8. The second-order valence-corrected chi connectivity index (χ2v) is 9.78. The Labute approximate surface area is 238 Å². The fourth-order valence-electron chi connectivity index (χ4n) is 4.81. The molecule has 4 heterocycles. The average molecular weight is 581 g/mol. The third kappa shape index (κ3) is 5.75. The van der Waals surface area contributed by atoms with Gasteiger partial charge in [0.05, 0.1) is 23.5 Å². The van der Waals surface area contributed by atoms with Gasteiger partial charge in [-0.3, -0.25) is 18.7 Å². The molecule has 1 fully saturated rings. The first-order valence-electron chi connectivity index (χ1n) is 13.1. The Morgan fingerprint density at radius 1 is 1.21 bits per heavy atom. The monoisotopic (exact) mass is 580 g/mol. The van der Waals surface area contributed by atoms with Gasteiger partial charge < -0.3 is 20.9 Å². The number of halogens is 3. The maximum absolute atomic E-state index is 13.7. The van der Waals surface area contributed by atoms with Gasteiger partial charge in [0.2, 0.25) is 5.91 Å². The van der Waals surface area contributed by atoms with Gasteiger partial charge >= 0.3 is 6.18 Å². The molecule has 1 atom stereocenters. The van der Waals surface area contributed by atoms with Crippen LogP contribution >= 0.6 is 0 Å². The summed E-state index contributed by atoms with van der Waals surface area (Å²) in [5.41, 5.74) is 0.626. The van der Waals surface area contributed by atoms with Crippen molar-refractivity contribution in [1.82, 2.24) is 39.7 Å². The molecule has 218 valence electrons. The van der Waals surface area contributed by atoms with E-state index in [1.165, 1.54) is 23.0 Å². The summed E-state index contributed by atoms with van der Waals surface area (Å²) in [6.45, 7) is 5.67. The number of amides is 2. The number of anilines is 2. The van der Waals surface area contributed by atoms with Crippen LogP contribution in [0.15, 0.2) is 43.0 Å². The number of aromatic nitrogens is 5. The molecule has 3 aromatic heterocycles. The minimum absolute atomic E-state index is 0.125. The molecule has 42 heavy (non-hydrogen) atoms. The number of fused-ring (bicyclic) bond motifs is 1. The summed E-state index contributed by atoms with van der Waals surface area (Å²) in [5.74, 6) is -0.252. The highest BCUT2D eigenvalue weighted by atomic mass is 19.4. The van der Waals surface area contributed by atoms with Crippen molar-refractivity contribution < 1.29 is 22.8 Å². The van der Waals surface area contributed by atoms with Crippen LogP contribution in [0.5, 0.6) is 0 Å². The van der Waals surface area contributed by atoms with E-state index in [1.54, 1.807) is 43.0 Å². The fourth-order valence-corrected chi connectivity index (χ4v) is 4.81. The Balaban J connectivity index is 1.36. The first-order valence-corrected chi connectivity index (χ1v) is 13.1. The largest absolute Gasteiger partial charge is 0.435 e. The number of nitrogens with zero attached hydrogens (tertiary/aromatic N) is 7. The zero-order valence-corrected chi connectivity index (χ0v) is 22.7. The van der Waals surface area contributed by atoms with Crippen LogP contribution in [0, 0.1) is 18.3 Å². The van der Waals surface area contributed by atoms with E-state index in [-0.39, 0.29) is 41.1 Å². The predicted octanol–water partition coefficient (Wildman–Crippen LogP) is 2.74. The lowest BCUT2D eigenvalue weighted by Crippen LogP contribution is -2.53. The molecule has 0 bridgehead atoms. The number of imidazole rings is 1. The van der Waals surface area contributed by atoms with Gasteiger partial charge in [-0.25, -0.2) is 9.97 Å². The molecule has 4 aromatic rings. The van der Waals surface area contributed by atoms with E-state index in [4.69, 9.17) is 5.26 Å². The van der Waals surface area contributed by atoms with Crippen molar-refractivity contribution in [1.29, 1.82) is 5.26 Å². The molecular weight excluding hydrogens is 553 g/mol. The quantitative estimate of drug-likeness (QED) is 0.303. The number of carbonyl (C=O) groups is 2. The van der Waals surface area contributed by atoms with E-state index in [2.05, 4.69) is 31.0 Å². The molecule has 0 spiro atoms. The maximum atomic E-state index is 13.7. The van der Waals surface area contributed by atoms with Crippen LogP contribution in [0.1, 0.15) is 28.5 Å². The van der Waals surface area contributed by atoms with E-state index in [9.17, 15) is 22.8 Å². The second-order valence-electron chi connectivity index (χ2n) is 9.78. The molecule has 1 saturated heterocycles. The highest BCUT2D eigenvalue weighted by molar-refractivity contribution is 5.99. The lowest BCUT2D eigenvalue weighted by Gasteiger charge is -2.30. The molecular formula is C27H27F3N10O2. The van der Waals surface area contributed by atoms with Gasteiger partial charge in [0.1, 0.15) is 12.6 Å². The topological polar surface area (TPSA) is 145 Å². The van der Waals surface area contributed by atoms with Crippen LogP contribution < -0.4 is 16.0 Å². The number of rotatable bonds is 7. The van der Waals surface area contributed by atoms with Gasteiger partial charge in [0.25, 0.3) is 5.91 Å². The fraction of sp³-hybridized carbons (Fsp3) is 0.333. The molecule has 3 N–H and O–H groups in total. The van der Waals surface area contributed by atoms with Crippen LogP contribution in [0.3, 0.4) is 0 Å². The molecule has 1 aliphatic heterocycles. The van der Waals surface area contributed by atoms with Crippen molar-refractivity contribution in [3.05, 3.63) is 59.8 Å². The molecule has 0 aliphatic carbocycles. The summed E-state index contributed by atoms with van der Waals surface area (Å²) >= 11 is 0. The zero-order valence-electron chi connectivity index (χ0n) is 22.7. The molecule has 15 heteroatoms. The number of hydrogen-bond donors (Lipinski definition) is 3. The number of nitriles is 1. The highest BCUT2D eigenvalue weighted by Gasteiger charge is 2.38. The van der Waals surface area contributed by atoms with Gasteiger partial charge in [-0.2, -0.15) is 23.5 Å². The summed E-state index contributed by atoms with van der Waals surface area (Å²) in [7, 11) is 0. The van der Waals surface area contributed by atoms with Crippen molar-refractivity contribution in [3.63, 3.8) is 0 Å². The lowest BCUT2D eigenvalue weighted by atomic mass is 10.1. The summed E-state index contributed by atoms with van der Waals surface area (Å²) in [6.07, 6.45) is 0.599. The number of nitrogens with one attached hydrogen (secondary N) is 3. The third-order valence-electron chi connectivity index (χ3n) is 6.85. The maximum Gasteiger partial charge on any atom is 0.435 e. The Bertz CT molecular complexity index is 1680. The van der Waals surface area contributed by atoms with Gasteiger partial charge in [-0.15, -0.1) is 0 Å². The van der Waals surface area contributed by atoms with Crippen molar-refractivity contribution in [2.24, 2.45) is 0 Å². The summed E-state index contributed by atoms with van der Waals surface area (Å²) in [6, 6.07) is 6.10. The van der Waals surface area contributed by atoms with Gasteiger partial charge in [-0.1, -0.05) is 0 Å². The van der Waals surface area contributed by atoms with Crippen LogP contribution in [0.4, 0.5) is 24.7 Å². The molecule has 12 nitrogen and oxygen atoms in total. The van der Waals surface area contributed by atoms with E-state index in [0.717, 1.165) is 10.9 Å². The predicted molar refractivity (Wildman–Crippen MR) is 146 cm³/mol. The molecule has 2 amide bonds. The molecule has 0 unspecified atom stereocenters. The smallest absolute Gasteiger partial charge is 0.341 e. The van der Waals surface area contributed by atoms with Gasteiger partial charge in [-0.05, 0) is 37.6 Å². The minimum Gasteiger partial charge on any atom is -0.341 e. The van der Waals surface area contributed by atoms with Gasteiger partial charge in [0, 0.05) is 56.0 Å². The first-order chi connectivity index (χ1) is 20.1. The van der Waals surface area contributed by atoms with Gasteiger partial charge in [0.15, 0.2) is 17.2 Å². The molecule has 1 aliphatic rings. The standard InChI is InChI=1S/C27H27F3N10O2/c1-16-13-18(3-4-19(16)25(41)35-17(2)26(42)38-10-6-32-7-11-38)36-23-24-34-14-21(40(24)12-8-33-23)20-15-39(9-5-31)37-22(20)27(28,29)30/h3-4,8,12-15,17,32H,6-7,9-11H2,1-2H3,(H,33,36)(H,35,41)/t17-/m1/s1. The van der Waals surface area contributed by atoms with E-state index in [0.29, 0.717) is 43.0 Å². The van der Waals surface area contributed by atoms with Crippen LogP contribution in [0.25, 0.3) is 16.9 Å². The Morgan fingerprint density at radius 3 is 2.67 bits per heavy atom. The lowest BCUT2D eigenvalue weighted by molar-refractivity contribution is -0.141. The molecule has 0 saturated carbocycles. The van der Waals surface area contributed by atoms with Crippen molar-refractivity contribution in [3.8, 4) is 17.3 Å². The van der Waals surface area contributed by atoms with Crippen LogP contribution in [0.2, 0.25) is 0 Å². The SMILES string of the molecule is Cc1cc(Nc2nccn3c(-c4cn(CC#N)nc4C(F)(F)F)cnc23)ccc1C(=O)N[C@H](C)C(=O)N1CCNCC1. The summed E-state index contributed by atoms with van der Waals surface area (Å²) in [5, 5.41) is 21.5. The average Bonchev–Trinajstić information content (AvgIpc) is 3.58. The number of aryl methyl sites for hydroxylation is 1. The highest BCUT2D eigenvalue weighted by Crippen LogP contribution is 2.37. The second kappa shape index (κ2) is 11.5. The van der Waals surface area contributed by atoms with E-state index < -0.39 is 17.9 Å². The number of carbonyl (C=O) groups excluding carboxylic acids is 2. The number of benzene rings is 1. The van der Waals surface area contributed by atoms with Crippen molar-refractivity contribution in [2.45, 2.75) is 32.6 Å². The summed E-state index contributed by atoms with van der Waals surface area (Å²) < 4.78 is 43.5. The number of alkyl halides is 3. The van der Waals surface area contributed by atoms with Crippen LogP contribution in [-0.4, -0.2) is 73.1 Å². The first kappa shape index (κ1) is 28.6. The van der Waals surface area contributed by atoms with E-state index >= 15 is 0 Å². The molecule has 1 aromatic carbocycles. The minimum atomic E-state index is -4.74. The zero-order chi connectivity index (χ0) is 30.0. The Hall–Kier alpha value is -4.97. The summed E-state index contributed by atoms with van der Waals surface area (Å²) in [4.78, 5) is 35.9. The Morgan fingerprint density at radius 2 is 1.98 bits per heavy atom. The van der Waals surface area contributed by atoms with Crippen LogP contribution in [-0.2, 0) is 17.5 Å². The Kier molecular flexibility index (Phi) is 7.81. The van der Waals surface area contributed by atoms with E-state index in [1.807, 2.05) is 0 Å². The van der Waals surface area contributed by atoms with Crippen molar-refractivity contribution in [2.75, 3.05) is 31.5 Å². The van der Waals surface area contributed by atoms with Crippen molar-refractivity contribution >= 4 is 29.0 Å². The number of piperazine rings is 1. The normalized spacial score (nSPS) is 14.4. The third-order valence-corrected chi connectivity index (χ3v) is 6.85.